The van der Waals surface area contributed by atoms with Crippen LogP contribution in [-0.2, 0) is 20.9 Å². The summed E-state index contributed by atoms with van der Waals surface area (Å²) in [5.41, 5.74) is 5.07. The number of nitrogens with zero attached hydrogens (tertiary/aromatic N) is 3. The van der Waals surface area contributed by atoms with Gasteiger partial charge in [-0.3, -0.25) is 19.3 Å². The van der Waals surface area contributed by atoms with Crippen LogP contribution in [0.5, 0.6) is 0 Å². The molecule has 0 bridgehead atoms. The SMILES string of the molecule is CC(=O)NCc1ccc(C(Nc2ccc(N(C)C(=O)CN3CCN(C)CC3)cc2)=C2C(=O)Nc3cc(F)ccc32)cc1. The zero-order chi connectivity index (χ0) is 29.8. The van der Waals surface area contributed by atoms with Crippen LogP contribution < -0.4 is 20.9 Å². The van der Waals surface area contributed by atoms with E-state index < -0.39 is 5.82 Å². The Bertz CT molecular complexity index is 1510. The number of carbonyl (C=O) groups excluding carboxylic acids is 3. The van der Waals surface area contributed by atoms with Crippen molar-refractivity contribution in [1.82, 2.24) is 15.1 Å². The Morgan fingerprint density at radius 2 is 1.67 bits per heavy atom. The van der Waals surface area contributed by atoms with E-state index in [0.29, 0.717) is 41.3 Å². The van der Waals surface area contributed by atoms with Gasteiger partial charge in [-0.25, -0.2) is 4.39 Å². The maximum atomic E-state index is 13.9. The van der Waals surface area contributed by atoms with Gasteiger partial charge in [0.25, 0.3) is 5.91 Å². The van der Waals surface area contributed by atoms with Crippen LogP contribution in [0, 0.1) is 5.82 Å². The van der Waals surface area contributed by atoms with E-state index in [4.69, 9.17) is 0 Å². The molecule has 1 saturated heterocycles. The molecule has 42 heavy (non-hydrogen) atoms. The van der Waals surface area contributed by atoms with E-state index in [1.54, 1.807) is 18.0 Å². The van der Waals surface area contributed by atoms with Crippen LogP contribution in [0.25, 0.3) is 11.3 Å². The number of rotatable bonds is 8. The molecule has 2 aliphatic heterocycles. The molecule has 2 heterocycles. The molecule has 0 aliphatic carbocycles. The van der Waals surface area contributed by atoms with E-state index in [1.807, 2.05) is 48.5 Å². The third-order valence-corrected chi connectivity index (χ3v) is 7.61. The van der Waals surface area contributed by atoms with E-state index in [-0.39, 0.29) is 17.7 Å². The van der Waals surface area contributed by atoms with Gasteiger partial charge in [0, 0.05) is 63.6 Å². The Hall–Kier alpha value is -4.54. The Balaban J connectivity index is 1.40. The van der Waals surface area contributed by atoms with Gasteiger partial charge in [0.2, 0.25) is 11.8 Å². The van der Waals surface area contributed by atoms with Gasteiger partial charge in [-0.1, -0.05) is 24.3 Å². The standard InChI is InChI=1S/C32H35FN6O3/c1-21(40)34-19-22-4-6-23(7-5-22)31(30-27-13-8-24(33)18-28(27)36-32(30)42)35-25-9-11-26(12-10-25)38(3)29(41)20-39-16-14-37(2)15-17-39/h4-13,18,35H,14-17,19-20H2,1-3H3,(H,34,40)(H,36,42). The maximum absolute atomic E-state index is 13.9. The molecule has 3 N–H and O–H groups in total. The Morgan fingerprint density at radius 3 is 2.33 bits per heavy atom. The fourth-order valence-electron chi connectivity index (χ4n) is 5.05. The van der Waals surface area contributed by atoms with Crippen molar-refractivity contribution in [3.63, 3.8) is 0 Å². The summed E-state index contributed by atoms with van der Waals surface area (Å²) < 4.78 is 13.9. The lowest BCUT2D eigenvalue weighted by Gasteiger charge is -2.32. The summed E-state index contributed by atoms with van der Waals surface area (Å²) in [5.74, 6) is -0.876. The van der Waals surface area contributed by atoms with Crippen LogP contribution in [0.2, 0.25) is 0 Å². The number of anilines is 3. The van der Waals surface area contributed by atoms with Crippen molar-refractivity contribution in [3.05, 3.63) is 89.2 Å². The molecule has 3 aromatic rings. The van der Waals surface area contributed by atoms with Crippen LogP contribution >= 0.6 is 0 Å². The molecular formula is C32H35FN6O3. The minimum atomic E-state index is -0.436. The van der Waals surface area contributed by atoms with Crippen molar-refractivity contribution in [2.45, 2.75) is 13.5 Å². The summed E-state index contributed by atoms with van der Waals surface area (Å²) in [6, 6.07) is 19.2. The third-order valence-electron chi connectivity index (χ3n) is 7.61. The van der Waals surface area contributed by atoms with Gasteiger partial charge >= 0.3 is 0 Å². The summed E-state index contributed by atoms with van der Waals surface area (Å²) in [4.78, 5) is 43.5. The van der Waals surface area contributed by atoms with Crippen molar-refractivity contribution in [2.24, 2.45) is 0 Å². The summed E-state index contributed by atoms with van der Waals surface area (Å²) in [6.45, 7) is 5.86. The predicted molar refractivity (Wildman–Crippen MR) is 163 cm³/mol. The first-order valence-electron chi connectivity index (χ1n) is 13.9. The van der Waals surface area contributed by atoms with Gasteiger partial charge in [0.15, 0.2) is 0 Å². The molecule has 3 amide bonds. The van der Waals surface area contributed by atoms with E-state index in [0.717, 1.165) is 43.0 Å². The number of fused-ring (bicyclic) bond motifs is 1. The fraction of sp³-hybridized carbons (Fsp3) is 0.281. The van der Waals surface area contributed by atoms with Crippen molar-refractivity contribution in [2.75, 3.05) is 62.4 Å². The van der Waals surface area contributed by atoms with Crippen LogP contribution in [0.1, 0.15) is 23.6 Å². The molecular weight excluding hydrogens is 535 g/mol. The largest absolute Gasteiger partial charge is 0.354 e. The second kappa shape index (κ2) is 12.5. The number of hydrogen-bond acceptors (Lipinski definition) is 6. The molecule has 0 unspecified atom stereocenters. The molecule has 218 valence electrons. The van der Waals surface area contributed by atoms with E-state index in [2.05, 4.69) is 32.8 Å². The van der Waals surface area contributed by atoms with Crippen molar-refractivity contribution in [1.29, 1.82) is 0 Å². The molecule has 0 atom stereocenters. The molecule has 1 fully saturated rings. The van der Waals surface area contributed by atoms with Gasteiger partial charge in [0.1, 0.15) is 5.82 Å². The van der Waals surface area contributed by atoms with Gasteiger partial charge < -0.3 is 25.8 Å². The van der Waals surface area contributed by atoms with Crippen molar-refractivity contribution in [3.8, 4) is 0 Å². The molecule has 0 spiro atoms. The minimum absolute atomic E-state index is 0.0221. The molecule has 0 saturated carbocycles. The Morgan fingerprint density at radius 1 is 0.976 bits per heavy atom. The summed E-state index contributed by atoms with van der Waals surface area (Å²) in [7, 11) is 3.86. The van der Waals surface area contributed by atoms with E-state index >= 15 is 0 Å². The number of halogens is 1. The van der Waals surface area contributed by atoms with Crippen LogP contribution in [-0.4, -0.2) is 74.3 Å². The molecule has 5 rings (SSSR count). The number of piperazine rings is 1. The predicted octanol–water partition coefficient (Wildman–Crippen LogP) is 3.60. The topological polar surface area (TPSA) is 97.0 Å². The minimum Gasteiger partial charge on any atom is -0.354 e. The highest BCUT2D eigenvalue weighted by molar-refractivity contribution is 6.37. The number of nitrogens with one attached hydrogen (secondary N) is 3. The van der Waals surface area contributed by atoms with Gasteiger partial charge in [-0.05, 0) is 60.6 Å². The van der Waals surface area contributed by atoms with Gasteiger partial charge in [-0.2, -0.15) is 0 Å². The third kappa shape index (κ3) is 6.67. The average Bonchev–Trinajstić information content (AvgIpc) is 3.30. The first kappa shape index (κ1) is 29.0. The fourth-order valence-corrected chi connectivity index (χ4v) is 5.05. The molecule has 3 aromatic carbocycles. The van der Waals surface area contributed by atoms with Gasteiger partial charge in [0.05, 0.1) is 23.5 Å². The number of benzene rings is 3. The van der Waals surface area contributed by atoms with Crippen LogP contribution in [0.4, 0.5) is 21.5 Å². The Kier molecular flexibility index (Phi) is 8.65. The lowest BCUT2D eigenvalue weighted by Crippen LogP contribution is -2.48. The number of amides is 3. The first-order chi connectivity index (χ1) is 20.2. The summed E-state index contributed by atoms with van der Waals surface area (Å²) in [6.07, 6.45) is 0. The highest BCUT2D eigenvalue weighted by Crippen LogP contribution is 2.38. The lowest BCUT2D eigenvalue weighted by molar-refractivity contribution is -0.120. The normalized spacial score (nSPS) is 16.4. The highest BCUT2D eigenvalue weighted by Gasteiger charge is 2.29. The van der Waals surface area contributed by atoms with Crippen molar-refractivity contribution < 1.29 is 18.8 Å². The molecule has 0 radical (unpaired) electrons. The van der Waals surface area contributed by atoms with E-state index in [1.165, 1.54) is 19.1 Å². The highest BCUT2D eigenvalue weighted by atomic mass is 19.1. The van der Waals surface area contributed by atoms with Crippen molar-refractivity contribution >= 4 is 46.1 Å². The molecule has 2 aliphatic rings. The van der Waals surface area contributed by atoms with Crippen LogP contribution in [0.15, 0.2) is 66.7 Å². The molecule has 9 nitrogen and oxygen atoms in total. The maximum Gasteiger partial charge on any atom is 0.258 e. The lowest BCUT2D eigenvalue weighted by atomic mass is 9.99. The summed E-state index contributed by atoms with van der Waals surface area (Å²) >= 11 is 0. The number of likely N-dealkylation sites (N-methyl/N-ethyl adjacent to an activating group) is 2. The molecule has 0 aromatic heterocycles. The zero-order valence-electron chi connectivity index (χ0n) is 24.0. The quantitative estimate of drug-likeness (QED) is 0.358. The number of carbonyl (C=O) groups is 3. The average molecular weight is 571 g/mol. The molecule has 10 heteroatoms. The van der Waals surface area contributed by atoms with Gasteiger partial charge in [-0.15, -0.1) is 0 Å². The number of hydrogen-bond donors (Lipinski definition) is 3. The second-order valence-electron chi connectivity index (χ2n) is 10.7. The van der Waals surface area contributed by atoms with E-state index in [9.17, 15) is 18.8 Å². The zero-order valence-corrected chi connectivity index (χ0v) is 24.0. The monoisotopic (exact) mass is 570 g/mol. The summed E-state index contributed by atoms with van der Waals surface area (Å²) in [5, 5.41) is 8.94. The van der Waals surface area contributed by atoms with Crippen LogP contribution in [0.3, 0.4) is 0 Å². The second-order valence-corrected chi connectivity index (χ2v) is 10.7. The Labute approximate surface area is 245 Å². The first-order valence-corrected chi connectivity index (χ1v) is 13.9. The smallest absolute Gasteiger partial charge is 0.258 e.